The smallest absolute Gasteiger partial charge is 0.410 e. The number of carbonyl (C=O) groups excluding carboxylic acids is 1. The molecular weight excluding hydrogens is 312 g/mol. The van der Waals surface area contributed by atoms with Crippen LogP contribution in [0.25, 0.3) is 0 Å². The lowest BCUT2D eigenvalue weighted by molar-refractivity contribution is 0.0176. The number of likely N-dealkylation sites (tertiary alicyclic amines) is 1. The van der Waals surface area contributed by atoms with Crippen LogP contribution in [0.15, 0.2) is 24.5 Å². The maximum Gasteiger partial charge on any atom is 0.410 e. The van der Waals surface area contributed by atoms with Crippen molar-refractivity contribution in [3.63, 3.8) is 0 Å². The average molecular weight is 338 g/mol. The Hall–Kier alpha value is -1.43. The van der Waals surface area contributed by atoms with E-state index in [1.54, 1.807) is 17.3 Å². The fraction of sp³-hybridized carbons (Fsp3) is 0.647. The summed E-state index contributed by atoms with van der Waals surface area (Å²) in [4.78, 5) is 18.0. The zero-order valence-corrected chi connectivity index (χ0v) is 15.0. The fourth-order valence-corrected chi connectivity index (χ4v) is 4.14. The van der Waals surface area contributed by atoms with Gasteiger partial charge in [-0.05, 0) is 51.2 Å². The van der Waals surface area contributed by atoms with Crippen molar-refractivity contribution >= 4 is 16.9 Å². The lowest BCUT2D eigenvalue weighted by Crippen LogP contribution is -2.44. The number of hydrogen-bond donors (Lipinski definition) is 0. The van der Waals surface area contributed by atoms with Crippen molar-refractivity contribution in [1.29, 1.82) is 0 Å². The number of carbonyl (C=O) groups is 1. The van der Waals surface area contributed by atoms with E-state index in [1.807, 2.05) is 32.9 Å². The van der Waals surface area contributed by atoms with Gasteiger partial charge in [-0.2, -0.15) is 0 Å². The summed E-state index contributed by atoms with van der Waals surface area (Å²) in [6.07, 6.45) is 5.16. The van der Waals surface area contributed by atoms with Gasteiger partial charge in [0, 0.05) is 42.0 Å². The highest BCUT2D eigenvalue weighted by Crippen LogP contribution is 2.20. The van der Waals surface area contributed by atoms with Gasteiger partial charge in [0.1, 0.15) is 5.60 Å². The summed E-state index contributed by atoms with van der Waals surface area (Å²) in [5, 5.41) is 0. The van der Waals surface area contributed by atoms with Crippen molar-refractivity contribution in [2.24, 2.45) is 5.92 Å². The second kappa shape index (κ2) is 7.90. The summed E-state index contributed by atoms with van der Waals surface area (Å²) in [7, 11) is -0.935. The Bertz CT molecular complexity index is 543. The first-order chi connectivity index (χ1) is 10.8. The number of hydrogen-bond acceptors (Lipinski definition) is 4. The first-order valence-corrected chi connectivity index (χ1v) is 9.54. The van der Waals surface area contributed by atoms with E-state index in [0.29, 0.717) is 18.1 Å². The molecule has 5 nitrogen and oxygen atoms in total. The lowest BCUT2D eigenvalue weighted by atomic mass is 10.0. The van der Waals surface area contributed by atoms with Crippen molar-refractivity contribution in [1.82, 2.24) is 9.88 Å². The second-order valence-electron chi connectivity index (χ2n) is 7.05. The summed E-state index contributed by atoms with van der Waals surface area (Å²) < 4.78 is 17.8. The Morgan fingerprint density at radius 1 is 1.48 bits per heavy atom. The third-order valence-corrected chi connectivity index (χ3v) is 5.14. The van der Waals surface area contributed by atoms with Crippen LogP contribution in [0.4, 0.5) is 4.79 Å². The molecule has 1 saturated heterocycles. The van der Waals surface area contributed by atoms with E-state index in [4.69, 9.17) is 4.74 Å². The highest BCUT2D eigenvalue weighted by molar-refractivity contribution is 7.84. The molecule has 0 N–H and O–H groups in total. The number of amides is 1. The number of aromatic nitrogens is 1. The van der Waals surface area contributed by atoms with Gasteiger partial charge >= 0.3 is 6.09 Å². The van der Waals surface area contributed by atoms with Crippen molar-refractivity contribution < 1.29 is 13.7 Å². The van der Waals surface area contributed by atoms with E-state index < -0.39 is 16.4 Å². The predicted octanol–water partition coefficient (Wildman–Crippen LogP) is 2.98. The molecule has 2 rings (SSSR count). The van der Waals surface area contributed by atoms with E-state index in [1.165, 1.54) is 0 Å². The first-order valence-electron chi connectivity index (χ1n) is 8.05. The minimum absolute atomic E-state index is 0.264. The maximum atomic E-state index is 12.3. The molecule has 0 aliphatic carbocycles. The van der Waals surface area contributed by atoms with Gasteiger partial charge in [0.05, 0.1) is 5.75 Å². The van der Waals surface area contributed by atoms with Crippen LogP contribution < -0.4 is 0 Å². The quantitative estimate of drug-likeness (QED) is 0.847. The van der Waals surface area contributed by atoms with Crippen LogP contribution in [0.1, 0.15) is 39.2 Å². The molecule has 2 heterocycles. The Morgan fingerprint density at radius 2 is 2.26 bits per heavy atom. The number of nitrogens with zero attached hydrogens (tertiary/aromatic N) is 2. The topological polar surface area (TPSA) is 59.5 Å². The molecule has 0 bridgehead atoms. The maximum absolute atomic E-state index is 12.3. The zero-order chi connectivity index (χ0) is 16.9. The standard InChI is InChI=1S/C17H26N2O3S/c1-17(2,3)22-16(20)19-9-5-7-15(11-19)13-23(21)12-14-6-4-8-18-10-14/h4,6,8,10,15H,5,7,9,11-13H2,1-3H3/t15-,23+/m1/s1. The summed E-state index contributed by atoms with van der Waals surface area (Å²) in [5.74, 6) is 1.42. The van der Waals surface area contributed by atoms with E-state index in [-0.39, 0.29) is 12.0 Å². The third-order valence-electron chi connectivity index (χ3n) is 3.64. The van der Waals surface area contributed by atoms with Crippen LogP contribution in [0, 0.1) is 5.92 Å². The van der Waals surface area contributed by atoms with E-state index in [9.17, 15) is 9.00 Å². The van der Waals surface area contributed by atoms with E-state index in [2.05, 4.69) is 4.98 Å². The summed E-state index contributed by atoms with van der Waals surface area (Å²) >= 11 is 0. The van der Waals surface area contributed by atoms with Crippen LogP contribution in [0.2, 0.25) is 0 Å². The van der Waals surface area contributed by atoms with Crippen molar-refractivity contribution in [3.05, 3.63) is 30.1 Å². The minimum Gasteiger partial charge on any atom is -0.444 e. The average Bonchev–Trinajstić information content (AvgIpc) is 2.46. The molecule has 0 spiro atoms. The molecule has 6 heteroatoms. The van der Waals surface area contributed by atoms with Crippen LogP contribution in [0.5, 0.6) is 0 Å². The van der Waals surface area contributed by atoms with Gasteiger partial charge in [-0.1, -0.05) is 6.07 Å². The van der Waals surface area contributed by atoms with Gasteiger partial charge in [-0.15, -0.1) is 0 Å². The molecule has 2 atom stereocenters. The molecule has 1 aliphatic heterocycles. The summed E-state index contributed by atoms with van der Waals surface area (Å²) in [5.41, 5.74) is 0.512. The zero-order valence-electron chi connectivity index (χ0n) is 14.2. The normalized spacial score (nSPS) is 20.1. The molecule has 23 heavy (non-hydrogen) atoms. The third kappa shape index (κ3) is 6.29. The molecule has 0 unspecified atom stereocenters. The molecule has 1 aromatic heterocycles. The van der Waals surface area contributed by atoms with Gasteiger partial charge < -0.3 is 9.64 Å². The van der Waals surface area contributed by atoms with Crippen molar-refractivity contribution in [2.45, 2.75) is 45.0 Å². The molecular formula is C17H26N2O3S. The SMILES string of the molecule is CC(C)(C)OC(=O)N1CCC[C@@H](C[S@@](=O)Cc2cccnc2)C1. The van der Waals surface area contributed by atoms with Gasteiger partial charge in [0.25, 0.3) is 0 Å². The van der Waals surface area contributed by atoms with Crippen molar-refractivity contribution in [3.8, 4) is 0 Å². The van der Waals surface area contributed by atoms with Gasteiger partial charge in [0.15, 0.2) is 0 Å². The molecule has 1 amide bonds. The molecule has 0 saturated carbocycles. The van der Waals surface area contributed by atoms with Gasteiger partial charge in [0.2, 0.25) is 0 Å². The Labute approximate surface area is 140 Å². The first kappa shape index (κ1) is 17.9. The molecule has 1 aromatic rings. The van der Waals surface area contributed by atoms with E-state index in [0.717, 1.165) is 24.9 Å². The fourth-order valence-electron chi connectivity index (χ4n) is 2.68. The van der Waals surface area contributed by atoms with E-state index >= 15 is 0 Å². The summed E-state index contributed by atoms with van der Waals surface area (Å²) in [6.45, 7) is 6.97. The largest absolute Gasteiger partial charge is 0.444 e. The van der Waals surface area contributed by atoms with Gasteiger partial charge in [-0.25, -0.2) is 4.79 Å². The van der Waals surface area contributed by atoms with Crippen LogP contribution in [0.3, 0.4) is 0 Å². The molecule has 0 radical (unpaired) electrons. The monoisotopic (exact) mass is 338 g/mol. The Balaban J connectivity index is 1.84. The second-order valence-corrected chi connectivity index (χ2v) is 8.55. The van der Waals surface area contributed by atoms with Gasteiger partial charge in [-0.3, -0.25) is 9.19 Å². The molecule has 0 aromatic carbocycles. The molecule has 1 aliphatic rings. The van der Waals surface area contributed by atoms with Crippen LogP contribution in [-0.2, 0) is 21.3 Å². The number of pyridine rings is 1. The molecule has 128 valence electrons. The van der Waals surface area contributed by atoms with Crippen LogP contribution >= 0.6 is 0 Å². The number of rotatable bonds is 4. The lowest BCUT2D eigenvalue weighted by Gasteiger charge is -2.34. The van der Waals surface area contributed by atoms with Crippen LogP contribution in [-0.4, -0.2) is 44.6 Å². The highest BCUT2D eigenvalue weighted by Gasteiger charge is 2.28. The Morgan fingerprint density at radius 3 is 2.91 bits per heavy atom. The highest BCUT2D eigenvalue weighted by atomic mass is 32.2. The number of piperidine rings is 1. The van der Waals surface area contributed by atoms with Crippen molar-refractivity contribution in [2.75, 3.05) is 18.8 Å². The minimum atomic E-state index is -0.935. The Kier molecular flexibility index (Phi) is 6.16. The predicted molar refractivity (Wildman–Crippen MR) is 91.5 cm³/mol. The number of ether oxygens (including phenoxy) is 1. The summed E-state index contributed by atoms with van der Waals surface area (Å²) in [6, 6.07) is 3.80. The molecule has 1 fully saturated rings.